The van der Waals surface area contributed by atoms with Crippen LogP contribution in [-0.4, -0.2) is 20.9 Å². The molecule has 0 aliphatic rings. The highest BCUT2D eigenvalue weighted by molar-refractivity contribution is 7.92. The van der Waals surface area contributed by atoms with Gasteiger partial charge in [0.05, 0.1) is 4.90 Å². The summed E-state index contributed by atoms with van der Waals surface area (Å²) in [5.74, 6) is -0.166. The molecule has 0 radical (unpaired) electrons. The standard InChI is InChI=1S/C18H22N2O3S/c1-4-11-19-18(21)15-7-9-16(10-8-15)20-24(22,23)17-12-13(2)5-6-14(17)3/h5-10,12,20H,4,11H2,1-3H3,(H,19,21). The van der Waals surface area contributed by atoms with Gasteiger partial charge in [-0.3, -0.25) is 9.52 Å². The van der Waals surface area contributed by atoms with Crippen LogP contribution in [0.2, 0.25) is 0 Å². The van der Waals surface area contributed by atoms with Gasteiger partial charge in [-0.1, -0.05) is 19.1 Å². The normalized spacial score (nSPS) is 11.1. The average molecular weight is 346 g/mol. The van der Waals surface area contributed by atoms with E-state index in [0.29, 0.717) is 23.4 Å². The van der Waals surface area contributed by atoms with Crippen molar-refractivity contribution in [3.05, 3.63) is 59.2 Å². The molecule has 0 saturated heterocycles. The SMILES string of the molecule is CCCNC(=O)c1ccc(NS(=O)(=O)c2cc(C)ccc2C)cc1. The fourth-order valence-corrected chi connectivity index (χ4v) is 3.63. The lowest BCUT2D eigenvalue weighted by Crippen LogP contribution is -2.23. The largest absolute Gasteiger partial charge is 0.352 e. The molecule has 6 heteroatoms. The van der Waals surface area contributed by atoms with Crippen molar-refractivity contribution in [1.29, 1.82) is 0 Å². The van der Waals surface area contributed by atoms with Crippen molar-refractivity contribution in [3.63, 3.8) is 0 Å². The minimum atomic E-state index is -3.66. The molecule has 0 unspecified atom stereocenters. The average Bonchev–Trinajstić information content (AvgIpc) is 2.55. The maximum atomic E-state index is 12.5. The van der Waals surface area contributed by atoms with E-state index in [1.807, 2.05) is 19.9 Å². The van der Waals surface area contributed by atoms with Gasteiger partial charge in [-0.2, -0.15) is 0 Å². The molecule has 0 aliphatic carbocycles. The van der Waals surface area contributed by atoms with Crippen molar-refractivity contribution in [1.82, 2.24) is 5.32 Å². The molecule has 0 heterocycles. The lowest BCUT2D eigenvalue weighted by atomic mass is 10.2. The zero-order valence-corrected chi connectivity index (χ0v) is 14.9. The zero-order chi connectivity index (χ0) is 17.7. The molecular weight excluding hydrogens is 324 g/mol. The predicted molar refractivity (Wildman–Crippen MR) is 95.8 cm³/mol. The van der Waals surface area contributed by atoms with E-state index in [2.05, 4.69) is 10.0 Å². The van der Waals surface area contributed by atoms with Crippen LogP contribution in [0.25, 0.3) is 0 Å². The summed E-state index contributed by atoms with van der Waals surface area (Å²) >= 11 is 0. The molecule has 0 bridgehead atoms. The van der Waals surface area contributed by atoms with Crippen molar-refractivity contribution < 1.29 is 13.2 Å². The van der Waals surface area contributed by atoms with E-state index in [9.17, 15) is 13.2 Å². The van der Waals surface area contributed by atoms with Gasteiger partial charge in [-0.05, 0) is 61.7 Å². The molecule has 2 rings (SSSR count). The van der Waals surface area contributed by atoms with Gasteiger partial charge in [-0.15, -0.1) is 0 Å². The van der Waals surface area contributed by atoms with Gasteiger partial charge in [0.1, 0.15) is 0 Å². The van der Waals surface area contributed by atoms with Gasteiger partial charge in [0, 0.05) is 17.8 Å². The summed E-state index contributed by atoms with van der Waals surface area (Å²) in [6.45, 7) is 6.20. The molecule has 0 aliphatic heterocycles. The molecule has 0 fully saturated rings. The summed E-state index contributed by atoms with van der Waals surface area (Å²) < 4.78 is 27.6. The fraction of sp³-hybridized carbons (Fsp3) is 0.278. The lowest BCUT2D eigenvalue weighted by Gasteiger charge is -2.11. The van der Waals surface area contributed by atoms with Crippen LogP contribution in [-0.2, 0) is 10.0 Å². The smallest absolute Gasteiger partial charge is 0.262 e. The maximum Gasteiger partial charge on any atom is 0.262 e. The molecule has 0 atom stereocenters. The highest BCUT2D eigenvalue weighted by atomic mass is 32.2. The Morgan fingerprint density at radius 3 is 2.33 bits per heavy atom. The minimum absolute atomic E-state index is 0.166. The topological polar surface area (TPSA) is 75.3 Å². The first-order valence-electron chi connectivity index (χ1n) is 7.82. The molecule has 24 heavy (non-hydrogen) atoms. The Morgan fingerprint density at radius 2 is 1.71 bits per heavy atom. The van der Waals surface area contributed by atoms with Crippen LogP contribution in [0.4, 0.5) is 5.69 Å². The van der Waals surface area contributed by atoms with E-state index in [0.717, 1.165) is 12.0 Å². The summed E-state index contributed by atoms with van der Waals surface area (Å²) in [4.78, 5) is 12.1. The van der Waals surface area contributed by atoms with E-state index in [1.54, 1.807) is 43.3 Å². The number of carbonyl (C=O) groups is 1. The third-order valence-electron chi connectivity index (χ3n) is 3.57. The van der Waals surface area contributed by atoms with E-state index in [4.69, 9.17) is 0 Å². The van der Waals surface area contributed by atoms with Crippen molar-refractivity contribution in [2.75, 3.05) is 11.3 Å². The summed E-state index contributed by atoms with van der Waals surface area (Å²) in [6.07, 6.45) is 0.861. The van der Waals surface area contributed by atoms with Crippen molar-refractivity contribution in [2.45, 2.75) is 32.1 Å². The Kier molecular flexibility index (Phi) is 5.62. The van der Waals surface area contributed by atoms with Gasteiger partial charge in [-0.25, -0.2) is 8.42 Å². The van der Waals surface area contributed by atoms with Crippen LogP contribution < -0.4 is 10.0 Å². The molecule has 5 nitrogen and oxygen atoms in total. The minimum Gasteiger partial charge on any atom is -0.352 e. The predicted octanol–water partition coefficient (Wildman–Crippen LogP) is 3.24. The van der Waals surface area contributed by atoms with Crippen molar-refractivity contribution in [2.24, 2.45) is 0 Å². The number of amides is 1. The zero-order valence-electron chi connectivity index (χ0n) is 14.1. The first-order chi connectivity index (χ1) is 11.3. The Bertz CT molecular complexity index is 828. The molecule has 128 valence electrons. The number of anilines is 1. The van der Waals surface area contributed by atoms with Crippen LogP contribution >= 0.6 is 0 Å². The lowest BCUT2D eigenvalue weighted by molar-refractivity contribution is 0.0953. The number of hydrogen-bond donors (Lipinski definition) is 2. The van der Waals surface area contributed by atoms with Gasteiger partial charge in [0.25, 0.3) is 15.9 Å². The molecule has 0 spiro atoms. The Morgan fingerprint density at radius 1 is 1.04 bits per heavy atom. The van der Waals surface area contributed by atoms with E-state index in [-0.39, 0.29) is 10.8 Å². The quantitative estimate of drug-likeness (QED) is 0.843. The Hall–Kier alpha value is -2.34. The Balaban J connectivity index is 2.18. The highest BCUT2D eigenvalue weighted by Crippen LogP contribution is 2.21. The van der Waals surface area contributed by atoms with Crippen LogP contribution in [0.3, 0.4) is 0 Å². The van der Waals surface area contributed by atoms with Gasteiger partial charge in [0.15, 0.2) is 0 Å². The monoisotopic (exact) mass is 346 g/mol. The van der Waals surface area contributed by atoms with Crippen molar-refractivity contribution in [3.8, 4) is 0 Å². The van der Waals surface area contributed by atoms with Crippen LogP contribution in [0.5, 0.6) is 0 Å². The summed E-state index contributed by atoms with van der Waals surface area (Å²) in [7, 11) is -3.66. The number of sulfonamides is 1. The third-order valence-corrected chi connectivity index (χ3v) is 5.09. The van der Waals surface area contributed by atoms with Gasteiger partial charge >= 0.3 is 0 Å². The van der Waals surface area contributed by atoms with Crippen LogP contribution in [0.1, 0.15) is 34.8 Å². The van der Waals surface area contributed by atoms with Gasteiger partial charge < -0.3 is 5.32 Å². The van der Waals surface area contributed by atoms with Crippen molar-refractivity contribution >= 4 is 21.6 Å². The second-order valence-corrected chi connectivity index (χ2v) is 7.36. The molecule has 2 N–H and O–H groups in total. The van der Waals surface area contributed by atoms with E-state index in [1.165, 1.54) is 0 Å². The first kappa shape index (κ1) is 18.0. The first-order valence-corrected chi connectivity index (χ1v) is 9.30. The second kappa shape index (κ2) is 7.49. The maximum absolute atomic E-state index is 12.5. The highest BCUT2D eigenvalue weighted by Gasteiger charge is 2.17. The van der Waals surface area contributed by atoms with Crippen LogP contribution in [0, 0.1) is 13.8 Å². The number of hydrogen-bond acceptors (Lipinski definition) is 3. The van der Waals surface area contributed by atoms with E-state index >= 15 is 0 Å². The molecule has 2 aromatic rings. The van der Waals surface area contributed by atoms with Gasteiger partial charge in [0.2, 0.25) is 0 Å². The summed E-state index contributed by atoms with van der Waals surface area (Å²) in [5, 5.41) is 2.78. The number of benzene rings is 2. The molecule has 2 aromatic carbocycles. The molecule has 0 aromatic heterocycles. The fourth-order valence-electron chi connectivity index (χ4n) is 2.24. The summed E-state index contributed by atoms with van der Waals surface area (Å²) in [6, 6.07) is 11.7. The number of aryl methyl sites for hydroxylation is 2. The second-order valence-electron chi connectivity index (χ2n) is 5.71. The number of carbonyl (C=O) groups excluding carboxylic acids is 1. The summed E-state index contributed by atoms with van der Waals surface area (Å²) in [5.41, 5.74) is 2.48. The Labute approximate surface area is 143 Å². The molecular formula is C18H22N2O3S. The van der Waals surface area contributed by atoms with Crippen LogP contribution in [0.15, 0.2) is 47.4 Å². The number of rotatable bonds is 6. The molecule has 1 amide bonds. The van der Waals surface area contributed by atoms with E-state index < -0.39 is 10.0 Å². The third kappa shape index (κ3) is 4.35. The number of nitrogens with one attached hydrogen (secondary N) is 2. The molecule has 0 saturated carbocycles.